The number of hydrogen-bond donors (Lipinski definition) is 1. The van der Waals surface area contributed by atoms with Crippen LogP contribution in [0.5, 0.6) is 5.88 Å². The fraction of sp³-hybridized carbons (Fsp3) is 0.333. The normalized spacial score (nSPS) is 14.0. The van der Waals surface area contributed by atoms with E-state index in [0.29, 0.717) is 24.0 Å². The summed E-state index contributed by atoms with van der Waals surface area (Å²) in [6.45, 7) is 0.347. The third-order valence-electron chi connectivity index (χ3n) is 3.61. The first-order chi connectivity index (χ1) is 10.2. The number of nitrogens with one attached hydrogen (secondary N) is 1. The van der Waals surface area contributed by atoms with Crippen LogP contribution < -0.4 is 9.08 Å². The smallest absolute Gasteiger partial charge is 0.261 e. The molecule has 0 spiro atoms. The summed E-state index contributed by atoms with van der Waals surface area (Å²) >= 11 is 3.01. The number of ether oxygens (including phenoxy) is 1. The second-order valence-electron chi connectivity index (χ2n) is 5.19. The van der Waals surface area contributed by atoms with Gasteiger partial charge >= 0.3 is 0 Å². The van der Waals surface area contributed by atoms with Crippen molar-refractivity contribution in [2.45, 2.75) is 25.4 Å². The molecule has 1 aliphatic rings. The summed E-state index contributed by atoms with van der Waals surface area (Å²) in [4.78, 5) is 12.0. The maximum absolute atomic E-state index is 12.0. The number of rotatable bonds is 5. The van der Waals surface area contributed by atoms with E-state index < -0.39 is 0 Å². The van der Waals surface area contributed by atoms with Gasteiger partial charge < -0.3 is 4.74 Å². The molecule has 0 unspecified atom stereocenters. The molecule has 110 valence electrons. The van der Waals surface area contributed by atoms with Gasteiger partial charge in [-0.25, -0.2) is 0 Å². The molecule has 0 bridgehead atoms. The minimum Gasteiger partial charge on any atom is -0.472 e. The van der Waals surface area contributed by atoms with Crippen LogP contribution in [0.2, 0.25) is 0 Å². The highest BCUT2D eigenvalue weighted by molar-refractivity contribution is 9.08. The molecular weight excluding hydrogens is 334 g/mol. The lowest BCUT2D eigenvalue weighted by molar-refractivity contribution is 0.0984. The van der Waals surface area contributed by atoms with Crippen molar-refractivity contribution in [3.05, 3.63) is 47.2 Å². The Morgan fingerprint density at radius 2 is 2.29 bits per heavy atom. The summed E-state index contributed by atoms with van der Waals surface area (Å²) in [5, 5.41) is 4.20. The molecule has 0 atom stereocenters. The maximum Gasteiger partial charge on any atom is 0.261 e. The van der Waals surface area contributed by atoms with Crippen LogP contribution in [0.25, 0.3) is 0 Å². The number of halogens is 1. The predicted octanol–water partition coefficient (Wildman–Crippen LogP) is 2.92. The molecule has 0 aliphatic heterocycles. The fourth-order valence-electron chi connectivity index (χ4n) is 2.42. The van der Waals surface area contributed by atoms with Gasteiger partial charge in [0.15, 0.2) is 0 Å². The summed E-state index contributed by atoms with van der Waals surface area (Å²) in [5.74, 6) is 0.959. The van der Waals surface area contributed by atoms with Gasteiger partial charge in [0.2, 0.25) is 5.88 Å². The maximum atomic E-state index is 12.0. The van der Waals surface area contributed by atoms with E-state index in [2.05, 4.69) is 31.7 Å². The summed E-state index contributed by atoms with van der Waals surface area (Å²) in [5.41, 5.74) is 2.80. The Kier molecular flexibility index (Phi) is 3.96. The zero-order chi connectivity index (χ0) is 14.8. The summed E-state index contributed by atoms with van der Waals surface area (Å²) in [6, 6.07) is 7.64. The van der Waals surface area contributed by atoms with E-state index in [-0.39, 0.29) is 5.91 Å². The summed E-state index contributed by atoms with van der Waals surface area (Å²) < 4.78 is 9.94. The monoisotopic (exact) mass is 349 g/mol. The van der Waals surface area contributed by atoms with Gasteiger partial charge in [-0.3, -0.25) is 13.8 Å². The van der Waals surface area contributed by atoms with E-state index >= 15 is 0 Å². The molecule has 1 saturated carbocycles. The number of aryl methyl sites for hydroxylation is 1. The third-order valence-corrected chi connectivity index (χ3v) is 3.97. The lowest BCUT2D eigenvalue weighted by Gasteiger charge is -2.13. The first-order valence-electron chi connectivity index (χ1n) is 6.84. The number of amides is 1. The minimum atomic E-state index is -0.155. The molecule has 6 heteroatoms. The summed E-state index contributed by atoms with van der Waals surface area (Å²) in [6.07, 6.45) is 4.18. The zero-order valence-corrected chi connectivity index (χ0v) is 13.3. The number of hydrogen-bond acceptors (Lipinski definition) is 3. The van der Waals surface area contributed by atoms with Gasteiger partial charge in [-0.05, 0) is 30.4 Å². The molecule has 1 aliphatic carbocycles. The van der Waals surface area contributed by atoms with Crippen molar-refractivity contribution in [2.24, 2.45) is 7.05 Å². The average Bonchev–Trinajstić information content (AvgIpc) is 3.26. The Balaban J connectivity index is 1.88. The standard InChI is InChI=1S/C15H16BrN3O2/c1-19-8-7-14(18-19)21-9-13-11(10-5-6-10)3-2-4-12(13)15(20)17-16/h2-4,7-8,10H,5-6,9H2,1H3,(H,17,20). The number of benzene rings is 1. The van der Waals surface area contributed by atoms with Crippen molar-refractivity contribution in [1.82, 2.24) is 14.1 Å². The van der Waals surface area contributed by atoms with Crippen LogP contribution in [0, 0.1) is 0 Å². The average molecular weight is 350 g/mol. The van der Waals surface area contributed by atoms with Gasteiger partial charge in [-0.2, -0.15) is 0 Å². The number of nitrogens with zero attached hydrogens (tertiary/aromatic N) is 2. The van der Waals surface area contributed by atoms with Crippen molar-refractivity contribution in [2.75, 3.05) is 0 Å². The summed E-state index contributed by atoms with van der Waals surface area (Å²) in [7, 11) is 1.84. The van der Waals surface area contributed by atoms with E-state index in [4.69, 9.17) is 4.74 Å². The van der Waals surface area contributed by atoms with Crippen LogP contribution in [-0.2, 0) is 13.7 Å². The highest BCUT2D eigenvalue weighted by Gasteiger charge is 2.28. The number of carbonyl (C=O) groups is 1. The third kappa shape index (κ3) is 3.10. The van der Waals surface area contributed by atoms with E-state index in [1.165, 1.54) is 18.4 Å². The SMILES string of the molecule is Cn1ccc(OCc2c(C(=O)NBr)cccc2C2CC2)n1. The molecule has 21 heavy (non-hydrogen) atoms. The zero-order valence-electron chi connectivity index (χ0n) is 11.7. The quantitative estimate of drug-likeness (QED) is 0.844. The van der Waals surface area contributed by atoms with Gasteiger partial charge in [-0.1, -0.05) is 12.1 Å². The molecule has 1 aromatic heterocycles. The minimum absolute atomic E-state index is 0.155. The molecular formula is C15H16BrN3O2. The number of carbonyl (C=O) groups excluding carboxylic acids is 1. The molecule has 2 aromatic rings. The Labute approximate surface area is 131 Å². The molecule has 1 aromatic carbocycles. The van der Waals surface area contributed by atoms with Crippen LogP contribution >= 0.6 is 16.1 Å². The highest BCUT2D eigenvalue weighted by atomic mass is 79.9. The van der Waals surface area contributed by atoms with Crippen molar-refractivity contribution < 1.29 is 9.53 Å². The van der Waals surface area contributed by atoms with Crippen LogP contribution in [0.3, 0.4) is 0 Å². The highest BCUT2D eigenvalue weighted by Crippen LogP contribution is 2.42. The van der Waals surface area contributed by atoms with Crippen molar-refractivity contribution in [3.63, 3.8) is 0 Å². The Morgan fingerprint density at radius 1 is 1.48 bits per heavy atom. The predicted molar refractivity (Wildman–Crippen MR) is 82.4 cm³/mol. The van der Waals surface area contributed by atoms with Gasteiger partial charge in [0, 0.05) is 46.6 Å². The first kappa shape index (κ1) is 14.1. The molecule has 0 saturated heterocycles. The van der Waals surface area contributed by atoms with Crippen molar-refractivity contribution in [3.8, 4) is 5.88 Å². The van der Waals surface area contributed by atoms with Crippen molar-refractivity contribution >= 4 is 22.1 Å². The van der Waals surface area contributed by atoms with Crippen LogP contribution in [-0.4, -0.2) is 15.7 Å². The molecule has 3 rings (SSSR count). The van der Waals surface area contributed by atoms with Crippen LogP contribution in [0.1, 0.15) is 40.2 Å². The molecule has 1 heterocycles. The van der Waals surface area contributed by atoms with E-state index in [1.807, 2.05) is 31.4 Å². The molecule has 1 N–H and O–H groups in total. The van der Waals surface area contributed by atoms with Crippen LogP contribution in [0.4, 0.5) is 0 Å². The van der Waals surface area contributed by atoms with E-state index in [9.17, 15) is 4.79 Å². The first-order valence-corrected chi connectivity index (χ1v) is 7.63. The second-order valence-corrected chi connectivity index (χ2v) is 5.58. The Morgan fingerprint density at radius 3 is 2.90 bits per heavy atom. The Bertz CT molecular complexity index is 665. The molecule has 1 fully saturated rings. The van der Waals surface area contributed by atoms with Crippen LogP contribution in [0.15, 0.2) is 30.5 Å². The van der Waals surface area contributed by atoms with Gasteiger partial charge in [0.05, 0.1) is 0 Å². The second kappa shape index (κ2) is 5.89. The van der Waals surface area contributed by atoms with Gasteiger partial charge in [0.1, 0.15) is 6.61 Å². The van der Waals surface area contributed by atoms with Gasteiger partial charge in [-0.15, -0.1) is 5.10 Å². The fourth-order valence-corrected chi connectivity index (χ4v) is 2.64. The van der Waals surface area contributed by atoms with Crippen molar-refractivity contribution in [1.29, 1.82) is 0 Å². The van der Waals surface area contributed by atoms with Gasteiger partial charge in [0.25, 0.3) is 5.91 Å². The number of aromatic nitrogens is 2. The largest absolute Gasteiger partial charge is 0.472 e. The Hall–Kier alpha value is -1.82. The topological polar surface area (TPSA) is 56.1 Å². The molecule has 1 amide bonds. The van der Waals surface area contributed by atoms with E-state index in [1.54, 1.807) is 4.68 Å². The lowest BCUT2D eigenvalue weighted by atomic mass is 9.98. The lowest BCUT2D eigenvalue weighted by Crippen LogP contribution is -2.16. The van der Waals surface area contributed by atoms with E-state index in [0.717, 1.165) is 5.56 Å². The molecule has 5 nitrogen and oxygen atoms in total. The molecule has 0 radical (unpaired) electrons.